The van der Waals surface area contributed by atoms with Gasteiger partial charge in [0.05, 0.1) is 0 Å². The molecule has 4 heavy (non-hydrogen) atoms. The molecule has 2 radical (unpaired) electrons. The van der Waals surface area contributed by atoms with E-state index in [0.29, 0.717) is 0 Å². The Morgan fingerprint density at radius 2 is 1.00 bits per heavy atom. The Labute approximate surface area is 68.9 Å². The first-order valence-electron chi connectivity index (χ1n) is 0. The van der Waals surface area contributed by atoms with E-state index < -0.39 is 0 Å². The largest absolute Gasteiger partial charge is 0.187 e. The Balaban J connectivity index is 0. The van der Waals surface area contributed by atoms with Gasteiger partial charge in [-0.25, -0.2) is 0 Å². The molecule has 0 nitrogen and oxygen atoms in total. The van der Waals surface area contributed by atoms with Gasteiger partial charge >= 0.3 is 0 Å². The van der Waals surface area contributed by atoms with Crippen LogP contribution >= 0.6 is 0 Å². The van der Waals surface area contributed by atoms with Crippen molar-refractivity contribution < 1.29 is 52.1 Å². The second-order valence-corrected chi connectivity index (χ2v) is 0. The quantitative estimate of drug-likeness (QED) is 0.434. The first kappa shape index (κ1) is 35.6. The maximum atomic E-state index is 0. The summed E-state index contributed by atoms with van der Waals surface area (Å²) in [7, 11) is 0. The van der Waals surface area contributed by atoms with Gasteiger partial charge in [-0.2, -0.15) is 0 Å². The Hall–Kier alpha value is 2.13. The predicted molar refractivity (Wildman–Crippen MR) is 9.94 cm³/mol. The Morgan fingerprint density at radius 1 is 1.00 bits per heavy atom. The molecule has 0 amide bonds. The van der Waals surface area contributed by atoms with Gasteiger partial charge in [-0.15, -0.1) is 0 Å². The van der Waals surface area contributed by atoms with Crippen molar-refractivity contribution in [3.05, 3.63) is 0 Å². The van der Waals surface area contributed by atoms with Gasteiger partial charge in [-0.05, 0) is 0 Å². The fourth-order valence-electron chi connectivity index (χ4n) is 0. The van der Waals surface area contributed by atoms with Crippen LogP contribution in [0.1, 0.15) is 0 Å². The van der Waals surface area contributed by atoms with E-state index in [1.165, 1.54) is 0 Å². The molecule has 32 valence electrons. The SMILES string of the molecule is [AlH3].[Cu].[Ni].[V]. The summed E-state index contributed by atoms with van der Waals surface area (Å²) < 4.78 is 0. The van der Waals surface area contributed by atoms with Crippen LogP contribution in [0.4, 0.5) is 0 Å². The van der Waals surface area contributed by atoms with Gasteiger partial charge in [-0.3, -0.25) is 0 Å². The van der Waals surface area contributed by atoms with Crippen molar-refractivity contribution in [1.82, 2.24) is 0 Å². The van der Waals surface area contributed by atoms with Crippen molar-refractivity contribution in [2.24, 2.45) is 0 Å². The van der Waals surface area contributed by atoms with E-state index in [1.807, 2.05) is 0 Å². The molecule has 0 aliphatic rings. The maximum absolute atomic E-state index is 0. The zero-order chi connectivity index (χ0) is 0. The van der Waals surface area contributed by atoms with Gasteiger partial charge in [0, 0.05) is 52.1 Å². The number of hydrogen-bond donors (Lipinski definition) is 0. The summed E-state index contributed by atoms with van der Waals surface area (Å²) in [4.78, 5) is 0. The van der Waals surface area contributed by atoms with Crippen molar-refractivity contribution in [3.63, 3.8) is 0 Å². The molecule has 0 bridgehead atoms. The molecule has 0 rings (SSSR count). The van der Waals surface area contributed by atoms with Crippen LogP contribution < -0.4 is 0 Å². The zero-order valence-electron chi connectivity index (χ0n) is 1.06. The van der Waals surface area contributed by atoms with E-state index in [1.54, 1.807) is 0 Å². The molecule has 0 saturated carbocycles. The van der Waals surface area contributed by atoms with Crippen molar-refractivity contribution in [2.75, 3.05) is 0 Å². The second-order valence-electron chi connectivity index (χ2n) is 0. The van der Waals surface area contributed by atoms with E-state index in [0.717, 1.165) is 0 Å². The van der Waals surface area contributed by atoms with E-state index >= 15 is 0 Å². The third-order valence-corrected chi connectivity index (χ3v) is 0. The van der Waals surface area contributed by atoms with E-state index in [9.17, 15) is 0 Å². The van der Waals surface area contributed by atoms with E-state index in [4.69, 9.17) is 0 Å². The van der Waals surface area contributed by atoms with Crippen LogP contribution in [-0.2, 0) is 52.1 Å². The van der Waals surface area contributed by atoms with Gasteiger partial charge in [0.1, 0.15) is 0 Å². The molecule has 0 aliphatic carbocycles. The second kappa shape index (κ2) is 19.3. The minimum Gasteiger partial charge on any atom is 0 e. The molecule has 0 heterocycles. The van der Waals surface area contributed by atoms with Gasteiger partial charge < -0.3 is 0 Å². The van der Waals surface area contributed by atoms with Crippen LogP contribution in [0.25, 0.3) is 0 Å². The van der Waals surface area contributed by atoms with Crippen LogP contribution in [0.2, 0.25) is 0 Å². The van der Waals surface area contributed by atoms with Crippen molar-refractivity contribution in [1.29, 1.82) is 0 Å². The molecule has 0 fully saturated rings. The molecule has 0 aromatic carbocycles. The van der Waals surface area contributed by atoms with Crippen molar-refractivity contribution in [2.45, 2.75) is 0 Å². The fourth-order valence-corrected chi connectivity index (χ4v) is 0. The van der Waals surface area contributed by atoms with Crippen LogP contribution in [0.15, 0.2) is 0 Å². The van der Waals surface area contributed by atoms with Gasteiger partial charge in [0.2, 0.25) is 0 Å². The molecular formula is H3AlCuNiV. The third-order valence-electron chi connectivity index (χ3n) is 0. The zero-order valence-corrected chi connectivity index (χ0v) is 4.39. The normalized spacial score (nSPS) is 0. The molecule has 0 aromatic heterocycles. The molecule has 0 aromatic rings. The summed E-state index contributed by atoms with van der Waals surface area (Å²) >= 11 is 0. The summed E-state index contributed by atoms with van der Waals surface area (Å²) in [5, 5.41) is 0. The topological polar surface area (TPSA) is 0 Å². The van der Waals surface area contributed by atoms with Crippen LogP contribution in [-0.4, -0.2) is 17.4 Å². The summed E-state index contributed by atoms with van der Waals surface area (Å²) in [6.45, 7) is 0. The summed E-state index contributed by atoms with van der Waals surface area (Å²) in [5.41, 5.74) is 0. The first-order chi connectivity index (χ1) is 0. The summed E-state index contributed by atoms with van der Waals surface area (Å²) in [5.74, 6) is 0. The molecule has 4 heteroatoms. The van der Waals surface area contributed by atoms with Gasteiger partial charge in [0.25, 0.3) is 0 Å². The molecule has 0 N–H and O–H groups in total. The van der Waals surface area contributed by atoms with Crippen LogP contribution in [0.3, 0.4) is 0 Å². The van der Waals surface area contributed by atoms with Crippen molar-refractivity contribution >= 4 is 17.4 Å². The van der Waals surface area contributed by atoms with Crippen LogP contribution in [0.5, 0.6) is 0 Å². The molecule has 0 spiro atoms. The minimum absolute atomic E-state index is 0. The molecule has 0 aliphatic heterocycles. The minimum atomic E-state index is 0. The number of rotatable bonds is 0. The third kappa shape index (κ3) is 8.92. The Bertz CT molecular complexity index is 8.00. The fraction of sp³-hybridized carbons (Fsp3) is 0. The first-order valence-corrected chi connectivity index (χ1v) is 0. The van der Waals surface area contributed by atoms with E-state index in [2.05, 4.69) is 0 Å². The summed E-state index contributed by atoms with van der Waals surface area (Å²) in [6.07, 6.45) is 0. The standard InChI is InChI=1S/Al.Cu.Ni.V.3H. The monoisotopic (exact) mass is 202 g/mol. The Morgan fingerprint density at radius 3 is 1.00 bits per heavy atom. The molecule has 0 saturated heterocycles. The number of hydrogen-bond acceptors (Lipinski definition) is 0. The van der Waals surface area contributed by atoms with Crippen LogP contribution in [0, 0.1) is 0 Å². The Kier molecular flexibility index (Phi) is 171. The summed E-state index contributed by atoms with van der Waals surface area (Å²) in [6, 6.07) is 0. The van der Waals surface area contributed by atoms with Crippen molar-refractivity contribution in [3.8, 4) is 0 Å². The van der Waals surface area contributed by atoms with Gasteiger partial charge in [0.15, 0.2) is 17.4 Å². The molecule has 0 atom stereocenters. The average molecular weight is 203 g/mol. The molecular weight excluding hydrogens is 200 g/mol. The smallest absolute Gasteiger partial charge is 0 e. The predicted octanol–water partition coefficient (Wildman–Crippen LogP) is -1.19. The van der Waals surface area contributed by atoms with Gasteiger partial charge in [-0.1, -0.05) is 0 Å². The maximum Gasteiger partial charge on any atom is 0.187 e. The molecule has 0 unspecified atom stereocenters. The average Bonchev–Trinajstić information content (AvgIpc) is 0. The van der Waals surface area contributed by atoms with E-state index in [-0.39, 0.29) is 69.5 Å².